The highest BCUT2D eigenvalue weighted by Crippen LogP contribution is 2.17. The van der Waals surface area contributed by atoms with E-state index in [9.17, 15) is 5.11 Å². The Hall–Kier alpha value is 0.210. The molecule has 0 spiro atoms. The number of alkyl halides is 1. The Bertz CT molecular complexity index is 158. The fourth-order valence-electron chi connectivity index (χ4n) is 1.95. The maximum absolute atomic E-state index is 9.75. The summed E-state index contributed by atoms with van der Waals surface area (Å²) in [5.41, 5.74) is -1.05. The molecule has 0 radical (unpaired) electrons. The zero-order valence-corrected chi connectivity index (χ0v) is 12.0. The van der Waals surface area contributed by atoms with Crippen LogP contribution >= 0.6 is 11.6 Å². The molecule has 0 aliphatic rings. The van der Waals surface area contributed by atoms with E-state index in [4.69, 9.17) is 16.7 Å². The van der Waals surface area contributed by atoms with Crippen molar-refractivity contribution >= 4 is 11.6 Å². The number of hydrogen-bond donors (Lipinski definition) is 2. The van der Waals surface area contributed by atoms with Crippen molar-refractivity contribution in [1.29, 1.82) is 0 Å². The number of aliphatic hydroxyl groups excluding tert-OH is 1. The normalized spacial score (nSPS) is 14.8. The van der Waals surface area contributed by atoms with Gasteiger partial charge in [0.25, 0.3) is 0 Å². The van der Waals surface area contributed by atoms with Gasteiger partial charge in [-0.15, -0.1) is 11.6 Å². The molecule has 0 aromatic carbocycles. The number of hydrogen-bond acceptors (Lipinski definition) is 2. The van der Waals surface area contributed by atoms with Crippen LogP contribution in [0.2, 0.25) is 0 Å². The summed E-state index contributed by atoms with van der Waals surface area (Å²) in [6.45, 7) is 2.01. The second kappa shape index (κ2) is 11.3. The van der Waals surface area contributed by atoms with Crippen molar-refractivity contribution in [1.82, 2.24) is 0 Å². The molecule has 0 amide bonds. The highest BCUT2D eigenvalue weighted by atomic mass is 35.5. The minimum atomic E-state index is -1.05. The van der Waals surface area contributed by atoms with E-state index in [1.54, 1.807) is 0 Å². The fraction of sp³-hybridized carbons (Fsp3) is 1.00. The molecule has 0 saturated heterocycles. The number of unbranched alkanes of at least 4 members (excludes halogenated alkanes) is 8. The van der Waals surface area contributed by atoms with Crippen molar-refractivity contribution in [2.75, 3.05) is 12.5 Å². The molecule has 0 rings (SSSR count). The first-order chi connectivity index (χ1) is 8.18. The third-order valence-electron chi connectivity index (χ3n) is 3.29. The molecule has 0 bridgehead atoms. The smallest absolute Gasteiger partial charge is 0.101 e. The average molecular weight is 265 g/mol. The van der Waals surface area contributed by atoms with Gasteiger partial charge >= 0.3 is 0 Å². The van der Waals surface area contributed by atoms with Crippen LogP contribution in [0.25, 0.3) is 0 Å². The van der Waals surface area contributed by atoms with E-state index in [0.29, 0.717) is 6.42 Å². The predicted octanol–water partition coefficient (Wildman–Crippen LogP) is 3.87. The number of rotatable bonds is 12. The first kappa shape index (κ1) is 17.2. The molecule has 0 aliphatic carbocycles. The van der Waals surface area contributed by atoms with E-state index >= 15 is 0 Å². The van der Waals surface area contributed by atoms with Crippen molar-refractivity contribution in [3.8, 4) is 0 Å². The van der Waals surface area contributed by atoms with E-state index in [2.05, 4.69) is 6.92 Å². The quantitative estimate of drug-likeness (QED) is 0.415. The van der Waals surface area contributed by atoms with Crippen LogP contribution in [-0.2, 0) is 0 Å². The van der Waals surface area contributed by atoms with Crippen LogP contribution in [0.3, 0.4) is 0 Å². The molecule has 3 heteroatoms. The summed E-state index contributed by atoms with van der Waals surface area (Å²) in [5, 5.41) is 18.7. The fourth-order valence-corrected chi connectivity index (χ4v) is 2.17. The van der Waals surface area contributed by atoms with Gasteiger partial charge in [-0.05, 0) is 6.42 Å². The molecule has 17 heavy (non-hydrogen) atoms. The topological polar surface area (TPSA) is 40.5 Å². The SMILES string of the molecule is CCCCCCCCCCC[C@](O)(CO)CCl. The largest absolute Gasteiger partial charge is 0.393 e. The van der Waals surface area contributed by atoms with Crippen LogP contribution in [0.15, 0.2) is 0 Å². The maximum atomic E-state index is 9.75. The second-order valence-corrected chi connectivity index (χ2v) is 5.36. The molecule has 0 aliphatic heterocycles. The van der Waals surface area contributed by atoms with Crippen molar-refractivity contribution < 1.29 is 10.2 Å². The summed E-state index contributed by atoms with van der Waals surface area (Å²) < 4.78 is 0. The minimum Gasteiger partial charge on any atom is -0.393 e. The minimum absolute atomic E-state index is 0.126. The third-order valence-corrected chi connectivity index (χ3v) is 3.79. The Kier molecular flexibility index (Phi) is 11.4. The lowest BCUT2D eigenvalue weighted by atomic mass is 9.98. The van der Waals surface area contributed by atoms with Crippen LogP contribution in [0.5, 0.6) is 0 Å². The van der Waals surface area contributed by atoms with Gasteiger partial charge < -0.3 is 10.2 Å². The Morgan fingerprint density at radius 1 is 0.882 bits per heavy atom. The standard InChI is InChI=1S/C14H29ClO2/c1-2-3-4-5-6-7-8-9-10-11-14(17,12-15)13-16/h16-17H,2-13H2,1H3/t14-/m1/s1. The van der Waals surface area contributed by atoms with Crippen molar-refractivity contribution in [2.24, 2.45) is 0 Å². The second-order valence-electron chi connectivity index (χ2n) is 5.09. The molecule has 2 nitrogen and oxygen atoms in total. The van der Waals surface area contributed by atoms with Crippen molar-refractivity contribution in [2.45, 2.75) is 76.7 Å². The van der Waals surface area contributed by atoms with Gasteiger partial charge in [-0.2, -0.15) is 0 Å². The molecule has 0 heterocycles. The molecular weight excluding hydrogens is 236 g/mol. The molecule has 0 unspecified atom stereocenters. The Balaban J connectivity index is 3.23. The predicted molar refractivity (Wildman–Crippen MR) is 74.6 cm³/mol. The highest BCUT2D eigenvalue weighted by Gasteiger charge is 2.23. The lowest BCUT2D eigenvalue weighted by Gasteiger charge is -2.22. The molecule has 2 N–H and O–H groups in total. The molecule has 0 fully saturated rings. The lowest BCUT2D eigenvalue weighted by molar-refractivity contribution is -0.00388. The van der Waals surface area contributed by atoms with Gasteiger partial charge in [-0.1, -0.05) is 64.7 Å². The molecule has 1 atom stereocenters. The summed E-state index contributed by atoms with van der Waals surface area (Å²) in [5.74, 6) is 0.126. The van der Waals surface area contributed by atoms with Gasteiger partial charge in [-0.3, -0.25) is 0 Å². The highest BCUT2D eigenvalue weighted by molar-refractivity contribution is 6.18. The summed E-state index contributed by atoms with van der Waals surface area (Å²) >= 11 is 5.61. The monoisotopic (exact) mass is 264 g/mol. The van der Waals surface area contributed by atoms with E-state index in [-0.39, 0.29) is 12.5 Å². The summed E-state index contributed by atoms with van der Waals surface area (Å²) in [7, 11) is 0. The number of aliphatic hydroxyl groups is 2. The summed E-state index contributed by atoms with van der Waals surface area (Å²) in [6.07, 6.45) is 12.0. The van der Waals surface area contributed by atoms with Crippen molar-refractivity contribution in [3.05, 3.63) is 0 Å². The van der Waals surface area contributed by atoms with Gasteiger partial charge in [0, 0.05) is 0 Å². The van der Waals surface area contributed by atoms with Gasteiger partial charge in [0.15, 0.2) is 0 Å². The van der Waals surface area contributed by atoms with E-state index in [1.165, 1.54) is 44.9 Å². The Morgan fingerprint density at radius 3 is 1.76 bits per heavy atom. The van der Waals surface area contributed by atoms with Gasteiger partial charge in [0.2, 0.25) is 0 Å². The molecular formula is C14H29ClO2. The van der Waals surface area contributed by atoms with E-state index in [1.807, 2.05) is 0 Å². The van der Waals surface area contributed by atoms with Crippen LogP contribution in [0, 0.1) is 0 Å². The molecule has 104 valence electrons. The zero-order chi connectivity index (χ0) is 13.0. The van der Waals surface area contributed by atoms with E-state index in [0.717, 1.165) is 12.8 Å². The van der Waals surface area contributed by atoms with Gasteiger partial charge in [0.1, 0.15) is 5.60 Å². The first-order valence-electron chi connectivity index (χ1n) is 7.07. The van der Waals surface area contributed by atoms with Gasteiger partial charge in [0.05, 0.1) is 12.5 Å². The Labute approximate surface area is 111 Å². The zero-order valence-electron chi connectivity index (χ0n) is 11.3. The van der Waals surface area contributed by atoms with E-state index < -0.39 is 5.60 Å². The maximum Gasteiger partial charge on any atom is 0.101 e. The first-order valence-corrected chi connectivity index (χ1v) is 7.61. The molecule has 0 saturated carbocycles. The number of halogens is 1. The Morgan fingerprint density at radius 2 is 1.35 bits per heavy atom. The summed E-state index contributed by atoms with van der Waals surface area (Å²) in [4.78, 5) is 0. The average Bonchev–Trinajstić information content (AvgIpc) is 2.36. The lowest BCUT2D eigenvalue weighted by Crippen LogP contribution is -2.35. The van der Waals surface area contributed by atoms with Crippen LogP contribution < -0.4 is 0 Å². The molecule has 0 aromatic heterocycles. The van der Waals surface area contributed by atoms with Crippen LogP contribution in [0.1, 0.15) is 71.1 Å². The van der Waals surface area contributed by atoms with Crippen LogP contribution in [-0.4, -0.2) is 28.3 Å². The van der Waals surface area contributed by atoms with Crippen molar-refractivity contribution in [3.63, 3.8) is 0 Å². The molecule has 0 aromatic rings. The third kappa shape index (κ3) is 9.87. The summed E-state index contributed by atoms with van der Waals surface area (Å²) in [6, 6.07) is 0. The van der Waals surface area contributed by atoms with Crippen LogP contribution in [0.4, 0.5) is 0 Å². The van der Waals surface area contributed by atoms with Gasteiger partial charge in [-0.25, -0.2) is 0 Å².